The third kappa shape index (κ3) is 1.84. The lowest BCUT2D eigenvalue weighted by molar-refractivity contribution is 0.394. The van der Waals surface area contributed by atoms with Crippen LogP contribution in [0.1, 0.15) is 13.1 Å². The van der Waals surface area contributed by atoms with E-state index in [-0.39, 0.29) is 6.17 Å². The number of fused-ring (bicyclic) bond motifs is 2. The second-order valence-corrected chi connectivity index (χ2v) is 5.65. The van der Waals surface area contributed by atoms with Crippen LogP contribution in [0.2, 0.25) is 0 Å². The van der Waals surface area contributed by atoms with Gasteiger partial charge in [-0.3, -0.25) is 0 Å². The second kappa shape index (κ2) is 4.63. The van der Waals surface area contributed by atoms with Gasteiger partial charge in [-0.15, -0.1) is 10.2 Å². The van der Waals surface area contributed by atoms with Crippen molar-refractivity contribution in [1.29, 1.82) is 0 Å². The van der Waals surface area contributed by atoms with Crippen LogP contribution in [0.15, 0.2) is 46.9 Å². The molecule has 0 radical (unpaired) electrons. The molecule has 0 saturated carbocycles. The van der Waals surface area contributed by atoms with Crippen LogP contribution in [0, 0.1) is 0 Å². The van der Waals surface area contributed by atoms with Gasteiger partial charge in [0, 0.05) is 4.47 Å². The Labute approximate surface area is 128 Å². The summed E-state index contributed by atoms with van der Waals surface area (Å²) >= 11 is 3.50. The molecule has 2 aromatic carbocycles. The lowest BCUT2D eigenvalue weighted by atomic mass is 10.3. The Hall–Kier alpha value is -2.28. The van der Waals surface area contributed by atoms with Gasteiger partial charge in [0.15, 0.2) is 0 Å². The summed E-state index contributed by atoms with van der Waals surface area (Å²) in [6.45, 7) is 2.02. The highest BCUT2D eigenvalue weighted by Gasteiger charge is 2.17. The minimum Gasteiger partial charge on any atom is -0.220 e. The Balaban J connectivity index is 1.90. The number of hydrogen-bond donors (Lipinski definition) is 0. The minimum absolute atomic E-state index is 0.114. The van der Waals surface area contributed by atoms with Gasteiger partial charge in [0.2, 0.25) is 0 Å². The van der Waals surface area contributed by atoms with E-state index in [9.17, 15) is 0 Å². The molecule has 21 heavy (non-hydrogen) atoms. The number of para-hydroxylation sites is 1. The average molecular weight is 343 g/mol. The zero-order valence-electron chi connectivity index (χ0n) is 11.2. The van der Waals surface area contributed by atoms with Gasteiger partial charge in [-0.05, 0) is 47.1 Å². The Morgan fingerprint density at radius 3 is 2.52 bits per heavy atom. The van der Waals surface area contributed by atoms with Crippen molar-refractivity contribution >= 4 is 38.0 Å². The van der Waals surface area contributed by atoms with Gasteiger partial charge in [0.1, 0.15) is 17.2 Å². The van der Waals surface area contributed by atoms with Crippen LogP contribution in [0.3, 0.4) is 0 Å². The number of aromatic nitrogens is 6. The molecule has 0 bridgehead atoms. The van der Waals surface area contributed by atoms with Crippen molar-refractivity contribution in [3.8, 4) is 0 Å². The Kier molecular flexibility index (Phi) is 2.75. The monoisotopic (exact) mass is 342 g/mol. The van der Waals surface area contributed by atoms with Crippen LogP contribution in [0.25, 0.3) is 22.1 Å². The van der Waals surface area contributed by atoms with Crippen molar-refractivity contribution < 1.29 is 0 Å². The highest BCUT2D eigenvalue weighted by Crippen LogP contribution is 2.24. The summed E-state index contributed by atoms with van der Waals surface area (Å²) in [6, 6.07) is 13.8. The quantitative estimate of drug-likeness (QED) is 0.561. The zero-order valence-corrected chi connectivity index (χ0v) is 12.8. The Morgan fingerprint density at radius 1 is 0.905 bits per heavy atom. The van der Waals surface area contributed by atoms with Gasteiger partial charge in [-0.1, -0.05) is 28.6 Å². The Morgan fingerprint density at radius 2 is 1.62 bits per heavy atom. The predicted octanol–water partition coefficient (Wildman–Crippen LogP) is 3.01. The van der Waals surface area contributed by atoms with Crippen molar-refractivity contribution in [1.82, 2.24) is 30.0 Å². The molecule has 2 heterocycles. The summed E-state index contributed by atoms with van der Waals surface area (Å²) in [5, 5.41) is 16.9. The van der Waals surface area contributed by atoms with Crippen LogP contribution in [-0.2, 0) is 0 Å². The molecule has 0 N–H and O–H groups in total. The summed E-state index contributed by atoms with van der Waals surface area (Å²) in [5.41, 5.74) is 3.64. The molecule has 0 aliphatic rings. The normalized spacial score (nSPS) is 13.0. The Bertz CT molecular complexity index is 941. The molecule has 7 heteroatoms. The smallest absolute Gasteiger partial charge is 0.145 e. The maximum Gasteiger partial charge on any atom is 0.145 e. The molecule has 0 amide bonds. The molecule has 0 aliphatic carbocycles. The third-order valence-electron chi connectivity index (χ3n) is 3.54. The first-order valence-electron chi connectivity index (χ1n) is 6.55. The minimum atomic E-state index is -0.114. The molecular weight excluding hydrogens is 332 g/mol. The molecule has 0 fully saturated rings. The molecular formula is C14H11BrN6. The molecule has 1 atom stereocenters. The molecule has 4 rings (SSSR count). The summed E-state index contributed by atoms with van der Waals surface area (Å²) in [7, 11) is 0. The van der Waals surface area contributed by atoms with Crippen LogP contribution in [-0.4, -0.2) is 30.0 Å². The second-order valence-electron chi connectivity index (χ2n) is 4.80. The van der Waals surface area contributed by atoms with E-state index >= 15 is 0 Å². The lowest BCUT2D eigenvalue weighted by Crippen LogP contribution is -2.17. The fourth-order valence-corrected chi connectivity index (χ4v) is 2.91. The van der Waals surface area contributed by atoms with Gasteiger partial charge in [-0.25, -0.2) is 9.36 Å². The first-order valence-corrected chi connectivity index (χ1v) is 7.34. The summed E-state index contributed by atoms with van der Waals surface area (Å²) < 4.78 is 4.63. The molecule has 0 spiro atoms. The average Bonchev–Trinajstić information content (AvgIpc) is 3.11. The maximum atomic E-state index is 4.27. The van der Waals surface area contributed by atoms with E-state index < -0.39 is 0 Å². The highest BCUT2D eigenvalue weighted by molar-refractivity contribution is 9.10. The number of hydrogen-bond acceptors (Lipinski definition) is 4. The standard InChI is InChI=1S/C14H11BrN6/c1-9(20-12-7-3-2-6-11(12)16-18-20)21-13-8-4-5-10(15)14(13)17-19-21/h2-9H,1H3. The largest absolute Gasteiger partial charge is 0.220 e. The SMILES string of the molecule is CC(n1nnc2ccccc21)n1nnc2c(Br)cccc21. The third-order valence-corrected chi connectivity index (χ3v) is 4.18. The summed E-state index contributed by atoms with van der Waals surface area (Å²) in [6.07, 6.45) is -0.114. The fraction of sp³-hybridized carbons (Fsp3) is 0.143. The van der Waals surface area contributed by atoms with E-state index in [1.54, 1.807) is 0 Å². The zero-order chi connectivity index (χ0) is 14.4. The predicted molar refractivity (Wildman–Crippen MR) is 82.9 cm³/mol. The van der Waals surface area contributed by atoms with Crippen molar-refractivity contribution in [3.05, 3.63) is 46.9 Å². The lowest BCUT2D eigenvalue weighted by Gasteiger charge is -2.13. The number of benzene rings is 2. The number of halogens is 1. The van der Waals surface area contributed by atoms with E-state index in [2.05, 4.69) is 36.6 Å². The molecule has 1 unspecified atom stereocenters. The molecule has 4 aromatic rings. The molecule has 0 saturated heterocycles. The van der Waals surface area contributed by atoms with Crippen LogP contribution < -0.4 is 0 Å². The van der Waals surface area contributed by atoms with Crippen molar-refractivity contribution in [2.45, 2.75) is 13.1 Å². The highest BCUT2D eigenvalue weighted by atomic mass is 79.9. The first kappa shape index (κ1) is 12.5. The van der Waals surface area contributed by atoms with Crippen LogP contribution in [0.5, 0.6) is 0 Å². The fourth-order valence-electron chi connectivity index (χ4n) is 2.47. The van der Waals surface area contributed by atoms with Gasteiger partial charge in [-0.2, -0.15) is 0 Å². The molecule has 104 valence electrons. The first-order chi connectivity index (χ1) is 10.3. The van der Waals surface area contributed by atoms with E-state index in [0.29, 0.717) is 0 Å². The van der Waals surface area contributed by atoms with E-state index in [1.165, 1.54) is 0 Å². The molecule has 0 aliphatic heterocycles. The van der Waals surface area contributed by atoms with Gasteiger partial charge < -0.3 is 0 Å². The van der Waals surface area contributed by atoms with Crippen molar-refractivity contribution in [2.75, 3.05) is 0 Å². The molecule has 6 nitrogen and oxygen atoms in total. The van der Waals surface area contributed by atoms with E-state index in [0.717, 1.165) is 26.5 Å². The number of rotatable bonds is 2. The van der Waals surface area contributed by atoms with Gasteiger partial charge in [0.25, 0.3) is 0 Å². The number of nitrogens with zero attached hydrogens (tertiary/aromatic N) is 6. The molecule has 2 aromatic heterocycles. The van der Waals surface area contributed by atoms with Crippen LogP contribution >= 0.6 is 15.9 Å². The van der Waals surface area contributed by atoms with Gasteiger partial charge in [0.05, 0.1) is 11.0 Å². The van der Waals surface area contributed by atoms with E-state index in [1.807, 2.05) is 58.8 Å². The van der Waals surface area contributed by atoms with E-state index in [4.69, 9.17) is 0 Å². The van der Waals surface area contributed by atoms with Crippen LogP contribution in [0.4, 0.5) is 0 Å². The van der Waals surface area contributed by atoms with Crippen molar-refractivity contribution in [2.24, 2.45) is 0 Å². The maximum absolute atomic E-state index is 4.27. The van der Waals surface area contributed by atoms with Crippen molar-refractivity contribution in [3.63, 3.8) is 0 Å². The topological polar surface area (TPSA) is 61.4 Å². The van der Waals surface area contributed by atoms with Gasteiger partial charge >= 0.3 is 0 Å². The summed E-state index contributed by atoms with van der Waals surface area (Å²) in [4.78, 5) is 0. The summed E-state index contributed by atoms with van der Waals surface area (Å²) in [5.74, 6) is 0.